The molecule has 0 radical (unpaired) electrons. The van der Waals surface area contributed by atoms with Crippen LogP contribution in [0.3, 0.4) is 0 Å². The standard InChI is InChI=1S/C18H30N4O2/c1-20-10-12-22(13-11-20)15-17(23)14-21(2)18(24)19-9-8-16-6-4-3-5-7-16/h3-7,17,23H,8-15H2,1-2H3,(H,19,24). The highest BCUT2D eigenvalue weighted by atomic mass is 16.3. The van der Waals surface area contributed by atoms with Crippen LogP contribution in [0.1, 0.15) is 5.56 Å². The number of rotatable bonds is 7. The molecule has 2 amide bonds. The summed E-state index contributed by atoms with van der Waals surface area (Å²) in [5.41, 5.74) is 1.20. The Kier molecular flexibility index (Phi) is 7.49. The van der Waals surface area contributed by atoms with E-state index in [9.17, 15) is 9.90 Å². The van der Waals surface area contributed by atoms with Crippen molar-refractivity contribution in [1.29, 1.82) is 0 Å². The van der Waals surface area contributed by atoms with Gasteiger partial charge in [-0.2, -0.15) is 0 Å². The molecule has 1 heterocycles. The van der Waals surface area contributed by atoms with Crippen molar-refractivity contribution in [3.05, 3.63) is 35.9 Å². The van der Waals surface area contributed by atoms with E-state index in [0.29, 0.717) is 19.6 Å². The van der Waals surface area contributed by atoms with Gasteiger partial charge in [-0.05, 0) is 19.0 Å². The van der Waals surface area contributed by atoms with Gasteiger partial charge in [-0.3, -0.25) is 4.90 Å². The molecule has 1 aliphatic rings. The number of carbonyl (C=O) groups is 1. The lowest BCUT2D eigenvalue weighted by Crippen LogP contribution is -2.49. The second-order valence-electron chi connectivity index (χ2n) is 6.61. The van der Waals surface area contributed by atoms with Gasteiger partial charge in [0.1, 0.15) is 0 Å². The van der Waals surface area contributed by atoms with Crippen LogP contribution in [0, 0.1) is 0 Å². The highest BCUT2D eigenvalue weighted by Crippen LogP contribution is 2.02. The predicted molar refractivity (Wildman–Crippen MR) is 96.1 cm³/mol. The molecule has 0 aliphatic carbocycles. The SMILES string of the molecule is CN1CCN(CC(O)CN(C)C(=O)NCCc2ccccc2)CC1. The Bertz CT molecular complexity index is 489. The zero-order chi connectivity index (χ0) is 17.4. The number of hydrogen-bond acceptors (Lipinski definition) is 4. The number of piperazine rings is 1. The Hall–Kier alpha value is -1.63. The number of nitrogens with one attached hydrogen (secondary N) is 1. The van der Waals surface area contributed by atoms with Gasteiger partial charge in [-0.25, -0.2) is 4.79 Å². The van der Waals surface area contributed by atoms with Crippen molar-refractivity contribution in [3.8, 4) is 0 Å². The van der Waals surface area contributed by atoms with Crippen LogP contribution in [0.2, 0.25) is 0 Å². The van der Waals surface area contributed by atoms with Crippen LogP contribution in [0.4, 0.5) is 4.79 Å². The Balaban J connectivity index is 1.63. The minimum atomic E-state index is -0.515. The average Bonchev–Trinajstić information content (AvgIpc) is 2.57. The fraction of sp³-hybridized carbons (Fsp3) is 0.611. The molecule has 6 nitrogen and oxygen atoms in total. The second kappa shape index (κ2) is 9.61. The van der Waals surface area contributed by atoms with E-state index >= 15 is 0 Å². The van der Waals surface area contributed by atoms with Crippen molar-refractivity contribution in [2.75, 3.05) is 59.9 Å². The summed E-state index contributed by atoms with van der Waals surface area (Å²) in [5.74, 6) is 0. The summed E-state index contributed by atoms with van der Waals surface area (Å²) in [5, 5.41) is 13.1. The first kappa shape index (κ1) is 18.7. The normalized spacial score (nSPS) is 17.5. The number of nitrogens with zero attached hydrogens (tertiary/aromatic N) is 3. The van der Waals surface area contributed by atoms with Crippen LogP contribution in [-0.4, -0.2) is 91.8 Å². The van der Waals surface area contributed by atoms with Gasteiger partial charge in [0.2, 0.25) is 0 Å². The van der Waals surface area contributed by atoms with E-state index in [0.717, 1.165) is 32.6 Å². The fourth-order valence-electron chi connectivity index (χ4n) is 2.88. The molecule has 1 atom stereocenters. The molecule has 1 aliphatic heterocycles. The first-order valence-electron chi connectivity index (χ1n) is 8.66. The number of likely N-dealkylation sites (N-methyl/N-ethyl adjacent to an activating group) is 2. The summed E-state index contributed by atoms with van der Waals surface area (Å²) in [6.45, 7) is 5.58. The van der Waals surface area contributed by atoms with E-state index in [1.807, 2.05) is 18.2 Å². The number of β-amino-alcohol motifs (C(OH)–C–C–N with tert-alkyl or cyclic N) is 1. The number of urea groups is 1. The molecule has 1 saturated heterocycles. The van der Waals surface area contributed by atoms with Gasteiger partial charge in [0, 0.05) is 52.9 Å². The van der Waals surface area contributed by atoms with Gasteiger partial charge in [0.05, 0.1) is 6.10 Å². The number of hydrogen-bond donors (Lipinski definition) is 2. The molecule has 2 rings (SSSR count). The van der Waals surface area contributed by atoms with Crippen LogP contribution < -0.4 is 5.32 Å². The molecule has 0 aromatic heterocycles. The molecule has 134 valence electrons. The molecule has 1 aromatic rings. The highest BCUT2D eigenvalue weighted by molar-refractivity contribution is 5.73. The molecular weight excluding hydrogens is 304 g/mol. The number of aliphatic hydroxyl groups excluding tert-OH is 1. The van der Waals surface area contributed by atoms with Gasteiger partial charge < -0.3 is 20.2 Å². The maximum absolute atomic E-state index is 12.1. The quantitative estimate of drug-likeness (QED) is 0.761. The summed E-state index contributed by atoms with van der Waals surface area (Å²) >= 11 is 0. The van der Waals surface area contributed by atoms with E-state index in [2.05, 4.69) is 34.3 Å². The van der Waals surface area contributed by atoms with Crippen molar-refractivity contribution >= 4 is 6.03 Å². The van der Waals surface area contributed by atoms with Gasteiger partial charge in [-0.1, -0.05) is 30.3 Å². The predicted octanol–water partition coefficient (Wildman–Crippen LogP) is 0.479. The smallest absolute Gasteiger partial charge is 0.317 e. The molecule has 24 heavy (non-hydrogen) atoms. The van der Waals surface area contributed by atoms with E-state index in [4.69, 9.17) is 0 Å². The largest absolute Gasteiger partial charge is 0.390 e. The third kappa shape index (κ3) is 6.47. The van der Waals surface area contributed by atoms with Crippen LogP contribution in [0.5, 0.6) is 0 Å². The molecule has 0 bridgehead atoms. The summed E-state index contributed by atoms with van der Waals surface area (Å²) in [6, 6.07) is 9.95. The number of amides is 2. The Morgan fingerprint density at radius 1 is 1.25 bits per heavy atom. The zero-order valence-electron chi connectivity index (χ0n) is 14.8. The molecule has 1 aromatic carbocycles. The highest BCUT2D eigenvalue weighted by Gasteiger charge is 2.19. The number of carbonyl (C=O) groups excluding carboxylic acids is 1. The first-order chi connectivity index (χ1) is 11.5. The minimum Gasteiger partial charge on any atom is -0.390 e. The molecular formula is C18H30N4O2. The lowest BCUT2D eigenvalue weighted by Gasteiger charge is -2.34. The molecule has 6 heteroatoms. The van der Waals surface area contributed by atoms with Crippen LogP contribution in [-0.2, 0) is 6.42 Å². The van der Waals surface area contributed by atoms with Gasteiger partial charge in [0.15, 0.2) is 0 Å². The maximum Gasteiger partial charge on any atom is 0.317 e. The monoisotopic (exact) mass is 334 g/mol. The molecule has 1 fully saturated rings. The average molecular weight is 334 g/mol. The Morgan fingerprint density at radius 3 is 2.58 bits per heavy atom. The third-order valence-corrected chi connectivity index (χ3v) is 4.43. The van der Waals surface area contributed by atoms with Crippen molar-refractivity contribution in [2.45, 2.75) is 12.5 Å². The maximum atomic E-state index is 12.1. The Labute approximate surface area is 145 Å². The molecule has 0 spiro atoms. The lowest BCUT2D eigenvalue weighted by atomic mass is 10.1. The Morgan fingerprint density at radius 2 is 1.92 bits per heavy atom. The van der Waals surface area contributed by atoms with Crippen LogP contribution >= 0.6 is 0 Å². The summed E-state index contributed by atoms with van der Waals surface area (Å²) in [4.78, 5) is 18.2. The summed E-state index contributed by atoms with van der Waals surface area (Å²) in [7, 11) is 3.84. The van der Waals surface area contributed by atoms with Gasteiger partial charge in [0.25, 0.3) is 0 Å². The van der Waals surface area contributed by atoms with Gasteiger partial charge >= 0.3 is 6.03 Å². The fourth-order valence-corrected chi connectivity index (χ4v) is 2.88. The number of benzene rings is 1. The van der Waals surface area contributed by atoms with Crippen molar-refractivity contribution in [3.63, 3.8) is 0 Å². The second-order valence-corrected chi connectivity index (χ2v) is 6.61. The third-order valence-electron chi connectivity index (χ3n) is 4.43. The van der Waals surface area contributed by atoms with E-state index in [1.165, 1.54) is 5.56 Å². The number of aliphatic hydroxyl groups is 1. The van der Waals surface area contributed by atoms with Crippen LogP contribution in [0.25, 0.3) is 0 Å². The van der Waals surface area contributed by atoms with Crippen LogP contribution in [0.15, 0.2) is 30.3 Å². The molecule has 1 unspecified atom stereocenters. The summed E-state index contributed by atoms with van der Waals surface area (Å²) in [6.07, 6.45) is 0.294. The molecule has 0 saturated carbocycles. The van der Waals surface area contributed by atoms with Crippen molar-refractivity contribution in [2.24, 2.45) is 0 Å². The van der Waals surface area contributed by atoms with E-state index in [-0.39, 0.29) is 6.03 Å². The van der Waals surface area contributed by atoms with Gasteiger partial charge in [-0.15, -0.1) is 0 Å². The topological polar surface area (TPSA) is 59.1 Å². The van der Waals surface area contributed by atoms with E-state index in [1.54, 1.807) is 11.9 Å². The van der Waals surface area contributed by atoms with E-state index < -0.39 is 6.10 Å². The summed E-state index contributed by atoms with van der Waals surface area (Å²) < 4.78 is 0. The van der Waals surface area contributed by atoms with Crippen molar-refractivity contribution < 1.29 is 9.90 Å². The lowest BCUT2D eigenvalue weighted by molar-refractivity contribution is 0.0658. The minimum absolute atomic E-state index is 0.136. The first-order valence-corrected chi connectivity index (χ1v) is 8.66. The zero-order valence-corrected chi connectivity index (χ0v) is 14.8. The molecule has 2 N–H and O–H groups in total. The van der Waals surface area contributed by atoms with Crippen molar-refractivity contribution in [1.82, 2.24) is 20.0 Å².